The summed E-state index contributed by atoms with van der Waals surface area (Å²) in [5.41, 5.74) is 2.45. The number of hydrogen-bond donors (Lipinski definition) is 1. The summed E-state index contributed by atoms with van der Waals surface area (Å²) in [4.78, 5) is 18.3. The monoisotopic (exact) mass is 441 g/mol. The number of fused-ring (bicyclic) bond motifs is 1. The lowest BCUT2D eigenvalue weighted by atomic mass is 10.1. The second kappa shape index (κ2) is 10.9. The normalized spacial score (nSPS) is 16.8. The van der Waals surface area contributed by atoms with Crippen LogP contribution in [0.15, 0.2) is 47.4 Å². The van der Waals surface area contributed by atoms with E-state index in [1.54, 1.807) is 0 Å². The van der Waals surface area contributed by atoms with Crippen LogP contribution < -0.4 is 14.8 Å². The van der Waals surface area contributed by atoms with E-state index < -0.39 is 0 Å². The van der Waals surface area contributed by atoms with Crippen LogP contribution in [0.1, 0.15) is 18.1 Å². The second-order valence-electron chi connectivity index (χ2n) is 7.90. The van der Waals surface area contributed by atoms with Gasteiger partial charge in [0.25, 0.3) is 0 Å². The Kier molecular flexibility index (Phi) is 7.72. The maximum atomic E-state index is 12.3. The van der Waals surface area contributed by atoms with Crippen molar-refractivity contribution in [2.75, 3.05) is 51.7 Å². The lowest BCUT2D eigenvalue weighted by Crippen LogP contribution is -2.45. The summed E-state index contributed by atoms with van der Waals surface area (Å²) in [7, 11) is 0. The van der Waals surface area contributed by atoms with E-state index in [1.165, 1.54) is 17.3 Å². The van der Waals surface area contributed by atoms with Gasteiger partial charge in [0.2, 0.25) is 5.91 Å². The number of hydrogen-bond acceptors (Lipinski definition) is 6. The Balaban J connectivity index is 1.18. The molecule has 4 rings (SSSR count). The minimum Gasteiger partial charge on any atom is -0.486 e. The van der Waals surface area contributed by atoms with Crippen molar-refractivity contribution in [3.8, 4) is 11.5 Å². The molecule has 0 aromatic heterocycles. The molecule has 2 aliphatic rings. The SMILES string of the molecule is CCN1CCN(Cc2ccc(CNC(=O)CSc3ccc4c(c3)OCCO4)cc2)CC1. The molecule has 31 heavy (non-hydrogen) atoms. The first-order chi connectivity index (χ1) is 15.2. The first-order valence-corrected chi connectivity index (χ1v) is 12.0. The number of piperazine rings is 1. The number of thioether (sulfide) groups is 1. The molecule has 2 heterocycles. The van der Waals surface area contributed by atoms with Gasteiger partial charge in [-0.3, -0.25) is 9.69 Å². The van der Waals surface area contributed by atoms with Crippen LogP contribution in [0.3, 0.4) is 0 Å². The zero-order valence-corrected chi connectivity index (χ0v) is 19.0. The van der Waals surface area contributed by atoms with Crippen LogP contribution in [0, 0.1) is 0 Å². The predicted molar refractivity (Wildman–Crippen MR) is 124 cm³/mol. The number of benzene rings is 2. The number of nitrogens with one attached hydrogen (secondary N) is 1. The van der Waals surface area contributed by atoms with Gasteiger partial charge in [0, 0.05) is 44.2 Å². The highest BCUT2D eigenvalue weighted by Crippen LogP contribution is 2.34. The lowest BCUT2D eigenvalue weighted by Gasteiger charge is -2.34. The van der Waals surface area contributed by atoms with Gasteiger partial charge in [-0.2, -0.15) is 0 Å². The van der Waals surface area contributed by atoms with E-state index in [9.17, 15) is 4.79 Å². The highest BCUT2D eigenvalue weighted by Gasteiger charge is 2.15. The molecule has 0 radical (unpaired) electrons. The molecular formula is C24H31N3O3S. The van der Waals surface area contributed by atoms with Crippen molar-refractivity contribution in [1.29, 1.82) is 0 Å². The quantitative estimate of drug-likeness (QED) is 0.636. The molecule has 166 valence electrons. The molecule has 2 aromatic rings. The van der Waals surface area contributed by atoms with Crippen molar-refractivity contribution in [3.63, 3.8) is 0 Å². The molecule has 0 saturated carbocycles. The minimum absolute atomic E-state index is 0.0257. The molecule has 1 amide bonds. The summed E-state index contributed by atoms with van der Waals surface area (Å²) >= 11 is 1.50. The lowest BCUT2D eigenvalue weighted by molar-refractivity contribution is -0.118. The van der Waals surface area contributed by atoms with Gasteiger partial charge in [-0.1, -0.05) is 31.2 Å². The number of rotatable bonds is 8. The van der Waals surface area contributed by atoms with Crippen LogP contribution in [-0.2, 0) is 17.9 Å². The van der Waals surface area contributed by atoms with Gasteiger partial charge >= 0.3 is 0 Å². The van der Waals surface area contributed by atoms with Crippen molar-refractivity contribution >= 4 is 17.7 Å². The standard InChI is InChI=1S/C24H31N3O3S/c1-2-26-9-11-27(12-10-26)17-20-5-3-19(4-6-20)16-25-24(28)18-31-21-7-8-22-23(15-21)30-14-13-29-22/h3-8,15H,2,9-14,16-18H2,1H3,(H,25,28). The number of carbonyl (C=O) groups is 1. The van der Waals surface area contributed by atoms with Gasteiger partial charge in [-0.15, -0.1) is 11.8 Å². The molecule has 0 spiro atoms. The average molecular weight is 442 g/mol. The first-order valence-electron chi connectivity index (χ1n) is 11.0. The minimum atomic E-state index is 0.0257. The molecule has 0 aliphatic carbocycles. The van der Waals surface area contributed by atoms with Crippen LogP contribution in [0.4, 0.5) is 0 Å². The van der Waals surface area contributed by atoms with Gasteiger partial charge in [0.15, 0.2) is 11.5 Å². The molecule has 7 heteroatoms. The van der Waals surface area contributed by atoms with Crippen LogP contribution >= 0.6 is 11.8 Å². The molecular weight excluding hydrogens is 410 g/mol. The third-order valence-corrected chi connectivity index (χ3v) is 6.71. The summed E-state index contributed by atoms with van der Waals surface area (Å²) in [6, 6.07) is 14.4. The highest BCUT2D eigenvalue weighted by atomic mass is 32.2. The molecule has 0 atom stereocenters. The molecule has 1 N–H and O–H groups in total. The Labute approximate surface area is 188 Å². The summed E-state index contributed by atoms with van der Waals surface area (Å²) in [6.45, 7) is 10.6. The van der Waals surface area contributed by atoms with E-state index in [2.05, 4.69) is 46.3 Å². The van der Waals surface area contributed by atoms with E-state index in [4.69, 9.17) is 9.47 Å². The van der Waals surface area contributed by atoms with E-state index in [0.29, 0.717) is 25.5 Å². The Morgan fingerprint density at radius 1 is 0.935 bits per heavy atom. The topological polar surface area (TPSA) is 54.0 Å². The van der Waals surface area contributed by atoms with Gasteiger partial charge in [0.1, 0.15) is 13.2 Å². The molecule has 2 aliphatic heterocycles. The van der Waals surface area contributed by atoms with Gasteiger partial charge in [0.05, 0.1) is 5.75 Å². The molecule has 1 fully saturated rings. The van der Waals surface area contributed by atoms with Crippen molar-refractivity contribution in [1.82, 2.24) is 15.1 Å². The predicted octanol–water partition coefficient (Wildman–Crippen LogP) is 3.00. The number of likely N-dealkylation sites (N-methyl/N-ethyl adjacent to an activating group) is 1. The van der Waals surface area contributed by atoms with E-state index in [-0.39, 0.29) is 5.91 Å². The number of nitrogens with zero attached hydrogens (tertiary/aromatic N) is 2. The van der Waals surface area contributed by atoms with Gasteiger partial charge in [-0.05, 0) is 35.9 Å². The van der Waals surface area contributed by atoms with Gasteiger partial charge in [-0.25, -0.2) is 0 Å². The third kappa shape index (κ3) is 6.38. The van der Waals surface area contributed by atoms with Gasteiger partial charge < -0.3 is 19.7 Å². The van der Waals surface area contributed by atoms with Crippen molar-refractivity contribution in [2.45, 2.75) is 24.9 Å². The van der Waals surface area contributed by atoms with Crippen LogP contribution in [0.25, 0.3) is 0 Å². The third-order valence-electron chi connectivity index (χ3n) is 5.71. The van der Waals surface area contributed by atoms with Crippen LogP contribution in [0.2, 0.25) is 0 Å². The summed E-state index contributed by atoms with van der Waals surface area (Å²) in [5.74, 6) is 1.93. The van der Waals surface area contributed by atoms with E-state index >= 15 is 0 Å². The maximum absolute atomic E-state index is 12.3. The fraction of sp³-hybridized carbons (Fsp3) is 0.458. The van der Waals surface area contributed by atoms with Crippen LogP contribution in [0.5, 0.6) is 11.5 Å². The summed E-state index contributed by atoms with van der Waals surface area (Å²) in [6.07, 6.45) is 0. The van der Waals surface area contributed by atoms with Crippen LogP contribution in [-0.4, -0.2) is 67.4 Å². The Bertz CT molecular complexity index is 867. The Morgan fingerprint density at radius 2 is 1.61 bits per heavy atom. The maximum Gasteiger partial charge on any atom is 0.230 e. The smallest absolute Gasteiger partial charge is 0.230 e. The van der Waals surface area contributed by atoms with Crippen molar-refractivity contribution < 1.29 is 14.3 Å². The fourth-order valence-electron chi connectivity index (χ4n) is 3.80. The Hall–Kier alpha value is -2.22. The zero-order valence-electron chi connectivity index (χ0n) is 18.1. The fourth-order valence-corrected chi connectivity index (χ4v) is 4.55. The number of ether oxygens (including phenoxy) is 2. The zero-order chi connectivity index (χ0) is 21.5. The van der Waals surface area contributed by atoms with Crippen molar-refractivity contribution in [2.24, 2.45) is 0 Å². The molecule has 2 aromatic carbocycles. The highest BCUT2D eigenvalue weighted by molar-refractivity contribution is 8.00. The number of carbonyl (C=O) groups excluding carboxylic acids is 1. The Morgan fingerprint density at radius 3 is 2.35 bits per heavy atom. The summed E-state index contributed by atoms with van der Waals surface area (Å²) in [5, 5.41) is 3.01. The van der Waals surface area contributed by atoms with E-state index in [0.717, 1.165) is 61.2 Å². The van der Waals surface area contributed by atoms with E-state index in [1.807, 2.05) is 18.2 Å². The molecule has 0 bridgehead atoms. The molecule has 1 saturated heterocycles. The largest absolute Gasteiger partial charge is 0.486 e. The summed E-state index contributed by atoms with van der Waals surface area (Å²) < 4.78 is 11.1. The van der Waals surface area contributed by atoms with Crippen molar-refractivity contribution in [3.05, 3.63) is 53.6 Å². The average Bonchev–Trinajstić information content (AvgIpc) is 2.82. The molecule has 6 nitrogen and oxygen atoms in total. The second-order valence-corrected chi connectivity index (χ2v) is 8.95. The number of amides is 1. The first kappa shape index (κ1) is 22.0. The molecule has 0 unspecified atom stereocenters.